The van der Waals surface area contributed by atoms with Crippen molar-refractivity contribution in [3.05, 3.63) is 45.9 Å². The summed E-state index contributed by atoms with van der Waals surface area (Å²) >= 11 is 9.18. The molecule has 1 amide bonds. The average Bonchev–Trinajstić information content (AvgIpc) is 2.53. The lowest BCUT2D eigenvalue weighted by atomic mass is 10.2. The van der Waals surface area contributed by atoms with E-state index in [9.17, 15) is 4.79 Å². The number of carbonyl (C=O) groups excluding carboxylic acids is 1. The molecule has 2 aromatic carbocycles. The Labute approximate surface area is 147 Å². The molecular weight excluding hydrogens is 386 g/mol. The molecular formula is C16H15BrClNO4. The molecule has 0 saturated carbocycles. The number of benzene rings is 2. The van der Waals surface area contributed by atoms with Crippen LogP contribution in [0.15, 0.2) is 40.9 Å². The molecule has 0 aliphatic rings. The van der Waals surface area contributed by atoms with Crippen LogP contribution in [-0.2, 0) is 4.79 Å². The smallest absolute Gasteiger partial charge is 0.262 e. The van der Waals surface area contributed by atoms with E-state index in [4.69, 9.17) is 25.8 Å². The minimum absolute atomic E-state index is 0.139. The number of hydrogen-bond donors (Lipinski definition) is 1. The summed E-state index contributed by atoms with van der Waals surface area (Å²) in [5.41, 5.74) is 0.560. The van der Waals surface area contributed by atoms with Gasteiger partial charge in [0.1, 0.15) is 17.2 Å². The topological polar surface area (TPSA) is 56.8 Å². The van der Waals surface area contributed by atoms with Crippen LogP contribution in [0.3, 0.4) is 0 Å². The third-order valence-electron chi connectivity index (χ3n) is 2.89. The van der Waals surface area contributed by atoms with Gasteiger partial charge in [-0.05, 0) is 34.1 Å². The van der Waals surface area contributed by atoms with E-state index in [2.05, 4.69) is 21.2 Å². The van der Waals surface area contributed by atoms with Gasteiger partial charge in [-0.1, -0.05) is 11.6 Å². The molecule has 2 rings (SSSR count). The second-order valence-electron chi connectivity index (χ2n) is 4.51. The maximum atomic E-state index is 12.0. The van der Waals surface area contributed by atoms with Crippen LogP contribution in [0.4, 0.5) is 5.69 Å². The Kier molecular flexibility index (Phi) is 6.12. The molecule has 2 aromatic rings. The lowest BCUT2D eigenvalue weighted by molar-refractivity contribution is -0.118. The maximum absolute atomic E-state index is 12.0. The summed E-state index contributed by atoms with van der Waals surface area (Å²) in [6, 6.07) is 10.2. The van der Waals surface area contributed by atoms with Crippen molar-refractivity contribution in [2.45, 2.75) is 0 Å². The van der Waals surface area contributed by atoms with Crippen molar-refractivity contribution in [1.29, 1.82) is 0 Å². The van der Waals surface area contributed by atoms with Crippen molar-refractivity contribution in [2.24, 2.45) is 0 Å². The van der Waals surface area contributed by atoms with Crippen molar-refractivity contribution in [1.82, 2.24) is 0 Å². The molecule has 0 fully saturated rings. The summed E-state index contributed by atoms with van der Waals surface area (Å²) in [5.74, 6) is 1.40. The van der Waals surface area contributed by atoms with E-state index in [-0.39, 0.29) is 12.5 Å². The Hall–Kier alpha value is -1.92. The Morgan fingerprint density at radius 2 is 1.78 bits per heavy atom. The number of methoxy groups -OCH3 is 2. The quantitative estimate of drug-likeness (QED) is 0.792. The van der Waals surface area contributed by atoms with Crippen molar-refractivity contribution in [2.75, 3.05) is 26.1 Å². The third-order valence-corrected chi connectivity index (χ3v) is 3.74. The van der Waals surface area contributed by atoms with E-state index in [1.807, 2.05) is 0 Å². The summed E-state index contributed by atoms with van der Waals surface area (Å²) in [7, 11) is 3.09. The number of anilines is 1. The molecule has 0 radical (unpaired) electrons. The highest BCUT2D eigenvalue weighted by atomic mass is 79.9. The molecule has 0 aliphatic carbocycles. The molecule has 0 aromatic heterocycles. The normalized spacial score (nSPS) is 10.1. The molecule has 0 atom stereocenters. The Bertz CT molecular complexity index is 686. The molecule has 1 N–H and O–H groups in total. The van der Waals surface area contributed by atoms with Crippen LogP contribution in [0.1, 0.15) is 0 Å². The summed E-state index contributed by atoms with van der Waals surface area (Å²) in [4.78, 5) is 12.0. The Morgan fingerprint density at radius 1 is 1.13 bits per heavy atom. The van der Waals surface area contributed by atoms with Gasteiger partial charge in [0.15, 0.2) is 6.61 Å². The predicted octanol–water partition coefficient (Wildman–Crippen LogP) is 4.14. The van der Waals surface area contributed by atoms with Crippen LogP contribution in [-0.4, -0.2) is 26.7 Å². The number of hydrogen-bond acceptors (Lipinski definition) is 4. The summed E-state index contributed by atoms with van der Waals surface area (Å²) in [6.07, 6.45) is 0. The van der Waals surface area contributed by atoms with Crippen LogP contribution in [0.25, 0.3) is 0 Å². The van der Waals surface area contributed by atoms with Gasteiger partial charge in [-0.25, -0.2) is 0 Å². The monoisotopic (exact) mass is 399 g/mol. The lowest BCUT2D eigenvalue weighted by Gasteiger charge is -2.11. The summed E-state index contributed by atoms with van der Waals surface area (Å²) < 4.78 is 16.4. The van der Waals surface area contributed by atoms with Crippen molar-refractivity contribution >= 4 is 39.1 Å². The molecule has 0 unspecified atom stereocenters. The van der Waals surface area contributed by atoms with Gasteiger partial charge < -0.3 is 19.5 Å². The van der Waals surface area contributed by atoms with E-state index in [0.717, 1.165) is 0 Å². The van der Waals surface area contributed by atoms with E-state index in [1.54, 1.807) is 50.6 Å². The number of halogens is 2. The molecule has 23 heavy (non-hydrogen) atoms. The molecule has 0 saturated heterocycles. The summed E-state index contributed by atoms with van der Waals surface area (Å²) in [6.45, 7) is -0.139. The molecule has 0 heterocycles. The van der Waals surface area contributed by atoms with Crippen molar-refractivity contribution in [3.8, 4) is 17.2 Å². The number of nitrogens with one attached hydrogen (secondary N) is 1. The second-order valence-corrected chi connectivity index (χ2v) is 5.80. The number of ether oxygens (including phenoxy) is 3. The highest BCUT2D eigenvalue weighted by Gasteiger charge is 2.09. The fourth-order valence-corrected chi connectivity index (χ4v) is 2.61. The van der Waals surface area contributed by atoms with E-state index < -0.39 is 0 Å². The molecule has 122 valence electrons. The van der Waals surface area contributed by atoms with Crippen molar-refractivity contribution in [3.63, 3.8) is 0 Å². The number of amides is 1. The van der Waals surface area contributed by atoms with Gasteiger partial charge in [0.25, 0.3) is 5.91 Å². The van der Waals surface area contributed by atoms with Crippen molar-refractivity contribution < 1.29 is 19.0 Å². The van der Waals surface area contributed by atoms with Gasteiger partial charge in [0, 0.05) is 28.9 Å². The first-order valence-electron chi connectivity index (χ1n) is 6.62. The van der Waals surface area contributed by atoms with E-state index in [1.165, 1.54) is 0 Å². The van der Waals surface area contributed by atoms with Crippen LogP contribution in [0.2, 0.25) is 5.02 Å². The van der Waals surface area contributed by atoms with Crippen LogP contribution in [0, 0.1) is 0 Å². The molecule has 0 bridgehead atoms. The molecule has 5 nitrogen and oxygen atoms in total. The number of rotatable bonds is 6. The average molecular weight is 401 g/mol. The van der Waals surface area contributed by atoms with Crippen LogP contribution < -0.4 is 19.5 Å². The van der Waals surface area contributed by atoms with Gasteiger partial charge in [-0.15, -0.1) is 0 Å². The fourth-order valence-electron chi connectivity index (χ4n) is 1.81. The largest absolute Gasteiger partial charge is 0.497 e. The highest BCUT2D eigenvalue weighted by Crippen LogP contribution is 2.28. The minimum atomic E-state index is -0.304. The number of carbonyl (C=O) groups is 1. The second kappa shape index (κ2) is 8.08. The first-order chi connectivity index (χ1) is 11.0. The van der Waals surface area contributed by atoms with Gasteiger partial charge in [-0.2, -0.15) is 0 Å². The van der Waals surface area contributed by atoms with Crippen LogP contribution >= 0.6 is 27.5 Å². The Morgan fingerprint density at radius 3 is 2.35 bits per heavy atom. The van der Waals surface area contributed by atoms with Gasteiger partial charge in [0.2, 0.25) is 0 Å². The minimum Gasteiger partial charge on any atom is -0.497 e. The molecule has 7 heteroatoms. The SMILES string of the molecule is COc1cc(NC(=O)COc2ccc(Cl)cc2Br)cc(OC)c1. The zero-order chi connectivity index (χ0) is 16.8. The maximum Gasteiger partial charge on any atom is 0.262 e. The predicted molar refractivity (Wildman–Crippen MR) is 92.8 cm³/mol. The fraction of sp³-hybridized carbons (Fsp3) is 0.188. The first-order valence-corrected chi connectivity index (χ1v) is 7.79. The van der Waals surface area contributed by atoms with Gasteiger partial charge >= 0.3 is 0 Å². The highest BCUT2D eigenvalue weighted by molar-refractivity contribution is 9.10. The molecule has 0 spiro atoms. The Balaban J connectivity index is 1.99. The van der Waals surface area contributed by atoms with E-state index >= 15 is 0 Å². The molecule has 0 aliphatic heterocycles. The van der Waals surface area contributed by atoms with Crippen LogP contribution in [0.5, 0.6) is 17.2 Å². The van der Waals surface area contributed by atoms with E-state index in [0.29, 0.717) is 32.4 Å². The summed E-state index contributed by atoms with van der Waals surface area (Å²) in [5, 5.41) is 3.31. The van der Waals surface area contributed by atoms with Gasteiger partial charge in [0.05, 0.1) is 18.7 Å². The lowest BCUT2D eigenvalue weighted by Crippen LogP contribution is -2.20. The zero-order valence-corrected chi connectivity index (χ0v) is 14.9. The zero-order valence-electron chi connectivity index (χ0n) is 12.6. The third kappa shape index (κ3) is 5.04. The first kappa shape index (κ1) is 17.4. The standard InChI is InChI=1S/C16H15BrClNO4/c1-21-12-6-11(7-13(8-12)22-2)19-16(20)9-23-15-4-3-10(18)5-14(15)17/h3-8H,9H2,1-2H3,(H,19,20). The van der Waals surface area contributed by atoms with Gasteiger partial charge in [-0.3, -0.25) is 4.79 Å².